The van der Waals surface area contributed by atoms with Crippen LogP contribution in [0.25, 0.3) is 6.08 Å². The highest BCUT2D eigenvalue weighted by Crippen LogP contribution is 2.30. The SMILES string of the molecule is [2H]C(O)(CCNC(=O)C(F)(F)F)c1cccc(C=CC2(O)CCCCC2)c1. The summed E-state index contributed by atoms with van der Waals surface area (Å²) in [6.45, 7) is -0.488. The average molecular weight is 372 g/mol. The lowest BCUT2D eigenvalue weighted by Gasteiger charge is -2.28. The lowest BCUT2D eigenvalue weighted by molar-refractivity contribution is -0.173. The normalized spacial score (nSPS) is 20.4. The fourth-order valence-electron chi connectivity index (χ4n) is 2.94. The number of carbonyl (C=O) groups is 1. The highest BCUT2D eigenvalue weighted by molar-refractivity contribution is 5.81. The molecule has 144 valence electrons. The van der Waals surface area contributed by atoms with E-state index in [0.717, 1.165) is 19.3 Å². The highest BCUT2D eigenvalue weighted by atomic mass is 19.4. The van der Waals surface area contributed by atoms with Crippen LogP contribution in [-0.2, 0) is 4.79 Å². The van der Waals surface area contributed by atoms with Crippen LogP contribution in [0, 0.1) is 0 Å². The number of amides is 1. The Kier molecular flexibility index (Phi) is 6.32. The van der Waals surface area contributed by atoms with Crippen molar-refractivity contribution >= 4 is 12.0 Å². The zero-order valence-electron chi connectivity index (χ0n) is 15.4. The third-order valence-corrected chi connectivity index (χ3v) is 4.43. The maximum Gasteiger partial charge on any atom is 0.471 e. The van der Waals surface area contributed by atoms with Crippen LogP contribution >= 0.6 is 0 Å². The second kappa shape index (κ2) is 8.68. The number of benzene rings is 1. The second-order valence-electron chi connectivity index (χ2n) is 6.57. The van der Waals surface area contributed by atoms with Crippen molar-refractivity contribution in [1.29, 1.82) is 0 Å². The van der Waals surface area contributed by atoms with Crippen LogP contribution in [0.5, 0.6) is 0 Å². The first-order valence-corrected chi connectivity index (χ1v) is 8.61. The molecule has 0 spiro atoms. The first-order valence-electron chi connectivity index (χ1n) is 9.11. The van der Waals surface area contributed by atoms with Crippen molar-refractivity contribution in [1.82, 2.24) is 5.32 Å². The zero-order chi connectivity index (χ0) is 20.1. The van der Waals surface area contributed by atoms with Gasteiger partial charge in [-0.1, -0.05) is 49.6 Å². The van der Waals surface area contributed by atoms with Gasteiger partial charge in [0.2, 0.25) is 0 Å². The largest absolute Gasteiger partial charge is 0.471 e. The number of hydrogen-bond acceptors (Lipinski definition) is 3. The lowest BCUT2D eigenvalue weighted by atomic mass is 9.84. The summed E-state index contributed by atoms with van der Waals surface area (Å²) in [5, 5.41) is 22.4. The number of aliphatic hydroxyl groups is 2. The minimum Gasteiger partial charge on any atom is -0.388 e. The monoisotopic (exact) mass is 372 g/mol. The first-order chi connectivity index (χ1) is 12.5. The summed E-state index contributed by atoms with van der Waals surface area (Å²) in [6.07, 6.45) is 0.278. The summed E-state index contributed by atoms with van der Waals surface area (Å²) in [4.78, 5) is 10.8. The van der Waals surface area contributed by atoms with Crippen molar-refractivity contribution in [3.8, 4) is 0 Å². The third kappa shape index (κ3) is 6.14. The molecular weight excluding hydrogens is 347 g/mol. The van der Waals surface area contributed by atoms with Gasteiger partial charge in [0.15, 0.2) is 0 Å². The van der Waals surface area contributed by atoms with Gasteiger partial charge >= 0.3 is 12.1 Å². The fourth-order valence-corrected chi connectivity index (χ4v) is 2.94. The molecule has 1 aliphatic rings. The van der Waals surface area contributed by atoms with E-state index in [9.17, 15) is 28.2 Å². The predicted octanol–water partition coefficient (Wildman–Crippen LogP) is 3.50. The van der Waals surface area contributed by atoms with E-state index in [1.807, 2.05) is 0 Å². The van der Waals surface area contributed by atoms with Gasteiger partial charge in [-0.05, 0) is 36.5 Å². The maximum absolute atomic E-state index is 12.2. The Bertz CT molecular complexity index is 683. The Balaban J connectivity index is 2.01. The van der Waals surface area contributed by atoms with Crippen molar-refractivity contribution in [2.24, 2.45) is 0 Å². The Morgan fingerprint density at radius 2 is 2.04 bits per heavy atom. The molecule has 0 heterocycles. The standard InChI is InChI=1S/C19H24F3NO3/c20-19(21,22)17(25)23-12-8-16(24)15-6-4-5-14(13-15)7-11-18(26)9-2-1-3-10-18/h4-7,11,13,16,24,26H,1-3,8-10,12H2,(H,23,25)/i16D. The molecule has 1 saturated carbocycles. The number of hydrogen-bond donors (Lipinski definition) is 3. The smallest absolute Gasteiger partial charge is 0.388 e. The number of rotatable bonds is 6. The van der Waals surface area contributed by atoms with Gasteiger partial charge in [-0.3, -0.25) is 4.79 Å². The van der Waals surface area contributed by atoms with E-state index in [1.165, 1.54) is 6.07 Å². The molecule has 7 heteroatoms. The number of carbonyl (C=O) groups excluding carboxylic acids is 1. The van der Waals surface area contributed by atoms with Gasteiger partial charge < -0.3 is 15.5 Å². The maximum atomic E-state index is 12.2. The minimum atomic E-state index is -5.00. The number of halogens is 3. The Hall–Kier alpha value is -1.86. The average Bonchev–Trinajstić information content (AvgIpc) is 2.60. The van der Waals surface area contributed by atoms with Gasteiger partial charge in [0, 0.05) is 6.54 Å². The molecule has 1 unspecified atom stereocenters. The van der Waals surface area contributed by atoms with E-state index >= 15 is 0 Å². The van der Waals surface area contributed by atoms with Gasteiger partial charge in [0.25, 0.3) is 0 Å². The molecule has 0 aliphatic heterocycles. The fraction of sp³-hybridized carbons (Fsp3) is 0.526. The van der Waals surface area contributed by atoms with E-state index in [1.54, 1.807) is 35.7 Å². The van der Waals surface area contributed by atoms with E-state index in [-0.39, 0.29) is 5.56 Å². The number of nitrogens with one attached hydrogen (secondary N) is 1. The molecule has 1 aromatic rings. The number of alkyl halides is 3. The molecule has 0 bridgehead atoms. The molecule has 26 heavy (non-hydrogen) atoms. The highest BCUT2D eigenvalue weighted by Gasteiger charge is 2.38. The van der Waals surface area contributed by atoms with Crippen LogP contribution < -0.4 is 5.32 Å². The molecule has 0 radical (unpaired) electrons. The minimum absolute atomic E-state index is 0.196. The van der Waals surface area contributed by atoms with E-state index in [4.69, 9.17) is 1.37 Å². The summed E-state index contributed by atoms with van der Waals surface area (Å²) in [5.74, 6) is -2.10. The van der Waals surface area contributed by atoms with Crippen LogP contribution in [0.3, 0.4) is 0 Å². The quantitative estimate of drug-likeness (QED) is 0.716. The molecule has 3 N–H and O–H groups in total. The summed E-state index contributed by atoms with van der Waals surface area (Å²) in [7, 11) is 0. The van der Waals surface area contributed by atoms with E-state index < -0.39 is 36.7 Å². The lowest BCUT2D eigenvalue weighted by Crippen LogP contribution is -2.37. The van der Waals surface area contributed by atoms with Crippen LogP contribution in [0.1, 0.15) is 57.1 Å². The van der Waals surface area contributed by atoms with E-state index in [2.05, 4.69) is 0 Å². The molecule has 0 saturated heterocycles. The van der Waals surface area contributed by atoms with Gasteiger partial charge in [-0.25, -0.2) is 0 Å². The Morgan fingerprint density at radius 3 is 2.69 bits per heavy atom. The van der Waals surface area contributed by atoms with E-state index in [0.29, 0.717) is 18.4 Å². The van der Waals surface area contributed by atoms with Crippen LogP contribution in [0.4, 0.5) is 13.2 Å². The molecule has 1 aliphatic carbocycles. The molecule has 4 nitrogen and oxygen atoms in total. The third-order valence-electron chi connectivity index (χ3n) is 4.43. The van der Waals surface area contributed by atoms with Crippen molar-refractivity contribution in [2.75, 3.05) is 6.54 Å². The Labute approximate surface area is 152 Å². The van der Waals surface area contributed by atoms with Crippen LogP contribution in [-0.4, -0.2) is 34.4 Å². The summed E-state index contributed by atoms with van der Waals surface area (Å²) in [5.41, 5.74) is 0.00553. The van der Waals surface area contributed by atoms with Gasteiger partial charge in [0.05, 0.1) is 13.1 Å². The van der Waals surface area contributed by atoms with Crippen molar-refractivity contribution in [3.63, 3.8) is 0 Å². The van der Waals surface area contributed by atoms with Crippen molar-refractivity contribution in [3.05, 3.63) is 41.5 Å². The van der Waals surface area contributed by atoms with Crippen molar-refractivity contribution in [2.45, 2.75) is 56.4 Å². The molecule has 1 aromatic carbocycles. The molecule has 1 amide bonds. The van der Waals surface area contributed by atoms with Gasteiger partial charge in [-0.2, -0.15) is 13.2 Å². The van der Waals surface area contributed by atoms with Crippen LogP contribution in [0.15, 0.2) is 30.3 Å². The van der Waals surface area contributed by atoms with Gasteiger partial charge in [-0.15, -0.1) is 0 Å². The predicted molar refractivity (Wildman–Crippen MR) is 92.2 cm³/mol. The summed E-state index contributed by atoms with van der Waals surface area (Å²) in [6, 6.07) is 6.40. The molecule has 1 atom stereocenters. The second-order valence-corrected chi connectivity index (χ2v) is 6.57. The van der Waals surface area contributed by atoms with Gasteiger partial charge in [0.1, 0.15) is 0 Å². The van der Waals surface area contributed by atoms with Crippen LogP contribution in [0.2, 0.25) is 0 Å². The first kappa shape index (κ1) is 18.9. The Morgan fingerprint density at radius 1 is 1.35 bits per heavy atom. The topological polar surface area (TPSA) is 69.6 Å². The zero-order valence-corrected chi connectivity index (χ0v) is 14.4. The summed E-state index contributed by atoms with van der Waals surface area (Å²) < 4.78 is 44.5. The molecular formula is C19H24F3NO3. The summed E-state index contributed by atoms with van der Waals surface area (Å²) >= 11 is 0. The molecule has 0 aromatic heterocycles. The van der Waals surface area contributed by atoms with Crippen molar-refractivity contribution < 1.29 is 29.5 Å². The molecule has 1 fully saturated rings. The molecule has 2 rings (SSSR count).